The Labute approximate surface area is 114 Å². The van der Waals surface area contributed by atoms with Crippen LogP contribution in [0.5, 0.6) is 5.75 Å². The zero-order valence-corrected chi connectivity index (χ0v) is 11.6. The van der Waals surface area contributed by atoms with E-state index in [2.05, 4.69) is 17.6 Å². The summed E-state index contributed by atoms with van der Waals surface area (Å²) >= 11 is 0. The van der Waals surface area contributed by atoms with Gasteiger partial charge in [0.25, 0.3) is 0 Å². The molecule has 1 amide bonds. The van der Waals surface area contributed by atoms with Gasteiger partial charge in [-0.2, -0.15) is 0 Å². The normalized spacial score (nSPS) is 22.8. The fraction of sp³-hybridized carbons (Fsp3) is 0.533. The minimum absolute atomic E-state index is 0.0551. The molecule has 2 N–H and O–H groups in total. The average Bonchev–Trinajstić information content (AvgIpc) is 2.39. The highest BCUT2D eigenvalue weighted by molar-refractivity contribution is 5.92. The largest absolute Gasteiger partial charge is 0.494 e. The number of rotatable bonds is 4. The molecule has 1 aromatic rings. The number of piperidine rings is 1. The Morgan fingerprint density at radius 2 is 2.32 bits per heavy atom. The number of ether oxygens (including phenoxy) is 1. The molecule has 2 rings (SSSR count). The van der Waals surface area contributed by atoms with Gasteiger partial charge in [-0.3, -0.25) is 4.79 Å². The van der Waals surface area contributed by atoms with Gasteiger partial charge in [0.1, 0.15) is 5.75 Å². The maximum Gasteiger partial charge on any atom is 0.228 e. The Kier molecular flexibility index (Phi) is 4.80. The first-order valence-electron chi connectivity index (χ1n) is 6.93. The molecule has 0 aliphatic carbocycles. The number of carbonyl (C=O) groups excluding carboxylic acids is 1. The van der Waals surface area contributed by atoms with E-state index >= 15 is 0 Å². The summed E-state index contributed by atoms with van der Waals surface area (Å²) in [5.74, 6) is 1.49. The zero-order valence-electron chi connectivity index (χ0n) is 11.6. The fourth-order valence-electron chi connectivity index (χ4n) is 2.43. The third-order valence-corrected chi connectivity index (χ3v) is 3.35. The quantitative estimate of drug-likeness (QED) is 0.875. The molecule has 19 heavy (non-hydrogen) atoms. The molecule has 1 aliphatic heterocycles. The molecule has 0 spiro atoms. The molecule has 1 heterocycles. The van der Waals surface area contributed by atoms with Gasteiger partial charge in [0.15, 0.2) is 0 Å². The predicted molar refractivity (Wildman–Crippen MR) is 76.4 cm³/mol. The SMILES string of the molecule is CCOc1cccc(NC(=O)C2CNCC(C)C2)c1. The molecule has 0 saturated carbocycles. The molecule has 2 unspecified atom stereocenters. The third-order valence-electron chi connectivity index (χ3n) is 3.35. The standard InChI is InChI=1S/C15H22N2O2/c1-3-19-14-6-4-5-13(8-14)17-15(18)12-7-11(2)9-16-10-12/h4-6,8,11-12,16H,3,7,9-10H2,1-2H3,(H,17,18). The van der Waals surface area contributed by atoms with E-state index in [4.69, 9.17) is 4.74 Å². The molecule has 1 aliphatic rings. The van der Waals surface area contributed by atoms with Gasteiger partial charge in [0.05, 0.1) is 12.5 Å². The molecule has 4 nitrogen and oxygen atoms in total. The second-order valence-corrected chi connectivity index (χ2v) is 5.15. The Hall–Kier alpha value is -1.55. The first-order valence-corrected chi connectivity index (χ1v) is 6.93. The number of hydrogen-bond acceptors (Lipinski definition) is 3. The molecule has 0 aromatic heterocycles. The van der Waals surface area contributed by atoms with Crippen LogP contribution in [0.2, 0.25) is 0 Å². The summed E-state index contributed by atoms with van der Waals surface area (Å²) in [4.78, 5) is 12.2. The second-order valence-electron chi connectivity index (χ2n) is 5.15. The maximum atomic E-state index is 12.2. The monoisotopic (exact) mass is 262 g/mol. The lowest BCUT2D eigenvalue weighted by Crippen LogP contribution is -2.40. The van der Waals surface area contributed by atoms with Crippen LogP contribution in [0.4, 0.5) is 5.69 Å². The lowest BCUT2D eigenvalue weighted by Gasteiger charge is -2.26. The minimum atomic E-state index is 0.0551. The number of hydrogen-bond donors (Lipinski definition) is 2. The van der Waals surface area contributed by atoms with E-state index in [0.29, 0.717) is 12.5 Å². The highest BCUT2D eigenvalue weighted by Gasteiger charge is 2.24. The number of anilines is 1. The van der Waals surface area contributed by atoms with Gasteiger partial charge >= 0.3 is 0 Å². The minimum Gasteiger partial charge on any atom is -0.494 e. The summed E-state index contributed by atoms with van der Waals surface area (Å²) in [6, 6.07) is 7.53. The Bertz CT molecular complexity index is 434. The van der Waals surface area contributed by atoms with Crippen molar-refractivity contribution in [2.24, 2.45) is 11.8 Å². The molecule has 0 radical (unpaired) electrons. The van der Waals surface area contributed by atoms with Gasteiger partial charge < -0.3 is 15.4 Å². The first-order chi connectivity index (χ1) is 9.19. The fourth-order valence-corrected chi connectivity index (χ4v) is 2.43. The van der Waals surface area contributed by atoms with Crippen molar-refractivity contribution in [3.63, 3.8) is 0 Å². The average molecular weight is 262 g/mol. The highest BCUT2D eigenvalue weighted by Crippen LogP contribution is 2.20. The van der Waals surface area contributed by atoms with Crippen LogP contribution in [-0.4, -0.2) is 25.6 Å². The van der Waals surface area contributed by atoms with E-state index in [1.807, 2.05) is 31.2 Å². The van der Waals surface area contributed by atoms with Crippen LogP contribution >= 0.6 is 0 Å². The van der Waals surface area contributed by atoms with Crippen molar-refractivity contribution in [2.75, 3.05) is 25.0 Å². The highest BCUT2D eigenvalue weighted by atomic mass is 16.5. The maximum absolute atomic E-state index is 12.2. The van der Waals surface area contributed by atoms with E-state index in [1.54, 1.807) is 0 Å². The summed E-state index contributed by atoms with van der Waals surface area (Å²) in [5, 5.41) is 6.27. The molecule has 104 valence electrons. The number of nitrogens with one attached hydrogen (secondary N) is 2. The van der Waals surface area contributed by atoms with E-state index < -0.39 is 0 Å². The van der Waals surface area contributed by atoms with E-state index in [-0.39, 0.29) is 11.8 Å². The Morgan fingerprint density at radius 3 is 3.05 bits per heavy atom. The topological polar surface area (TPSA) is 50.4 Å². The molecule has 4 heteroatoms. The summed E-state index contributed by atoms with van der Waals surface area (Å²) in [7, 11) is 0. The number of amides is 1. The molecule has 0 bridgehead atoms. The molecule has 2 atom stereocenters. The number of carbonyl (C=O) groups is 1. The molecule has 1 fully saturated rings. The van der Waals surface area contributed by atoms with Gasteiger partial charge in [-0.25, -0.2) is 0 Å². The van der Waals surface area contributed by atoms with Gasteiger partial charge in [0.2, 0.25) is 5.91 Å². The summed E-state index contributed by atoms with van der Waals surface area (Å²) in [6.07, 6.45) is 0.948. The van der Waals surface area contributed by atoms with Gasteiger partial charge in [0, 0.05) is 18.3 Å². The van der Waals surface area contributed by atoms with Gasteiger partial charge in [-0.1, -0.05) is 13.0 Å². The van der Waals surface area contributed by atoms with Crippen LogP contribution in [0.3, 0.4) is 0 Å². The van der Waals surface area contributed by atoms with Crippen LogP contribution in [0, 0.1) is 11.8 Å². The van der Waals surface area contributed by atoms with Crippen molar-refractivity contribution in [2.45, 2.75) is 20.3 Å². The zero-order chi connectivity index (χ0) is 13.7. The van der Waals surface area contributed by atoms with Crippen molar-refractivity contribution in [1.82, 2.24) is 5.32 Å². The lowest BCUT2D eigenvalue weighted by atomic mass is 9.91. The molecule has 1 aromatic carbocycles. The van der Waals surface area contributed by atoms with Crippen molar-refractivity contribution in [3.8, 4) is 5.75 Å². The van der Waals surface area contributed by atoms with Crippen LogP contribution in [0.1, 0.15) is 20.3 Å². The number of benzene rings is 1. The van der Waals surface area contributed by atoms with E-state index in [0.717, 1.165) is 30.9 Å². The van der Waals surface area contributed by atoms with Crippen molar-refractivity contribution >= 4 is 11.6 Å². The van der Waals surface area contributed by atoms with Gasteiger partial charge in [-0.15, -0.1) is 0 Å². The van der Waals surface area contributed by atoms with Crippen LogP contribution in [0.15, 0.2) is 24.3 Å². The van der Waals surface area contributed by atoms with Crippen molar-refractivity contribution in [1.29, 1.82) is 0 Å². The Morgan fingerprint density at radius 1 is 1.47 bits per heavy atom. The summed E-state index contributed by atoms with van der Waals surface area (Å²) in [6.45, 7) is 6.51. The predicted octanol–water partition coefficient (Wildman–Crippen LogP) is 2.27. The summed E-state index contributed by atoms with van der Waals surface area (Å²) in [5.41, 5.74) is 0.800. The molecule has 1 saturated heterocycles. The van der Waals surface area contributed by atoms with E-state index in [9.17, 15) is 4.79 Å². The van der Waals surface area contributed by atoms with Crippen LogP contribution < -0.4 is 15.4 Å². The summed E-state index contributed by atoms with van der Waals surface area (Å²) < 4.78 is 5.43. The first kappa shape index (κ1) is 13.9. The third kappa shape index (κ3) is 3.96. The Balaban J connectivity index is 1.96. The smallest absolute Gasteiger partial charge is 0.228 e. The molecular formula is C15H22N2O2. The van der Waals surface area contributed by atoms with Crippen molar-refractivity contribution in [3.05, 3.63) is 24.3 Å². The van der Waals surface area contributed by atoms with Crippen LogP contribution in [-0.2, 0) is 4.79 Å². The van der Waals surface area contributed by atoms with Crippen LogP contribution in [0.25, 0.3) is 0 Å². The van der Waals surface area contributed by atoms with E-state index in [1.165, 1.54) is 0 Å². The van der Waals surface area contributed by atoms with Crippen molar-refractivity contribution < 1.29 is 9.53 Å². The van der Waals surface area contributed by atoms with Gasteiger partial charge in [-0.05, 0) is 37.9 Å². The second kappa shape index (κ2) is 6.57. The lowest BCUT2D eigenvalue weighted by molar-refractivity contribution is -0.120. The molecular weight excluding hydrogens is 240 g/mol.